The van der Waals surface area contributed by atoms with Gasteiger partial charge in [-0.3, -0.25) is 4.79 Å². The monoisotopic (exact) mass is 388 g/mol. The van der Waals surface area contributed by atoms with Gasteiger partial charge in [-0.2, -0.15) is 0 Å². The Bertz CT molecular complexity index is 683. The molecule has 0 unspecified atom stereocenters. The molecule has 1 heterocycles. The molecule has 2 rings (SSSR count). The normalized spacial score (nSPS) is 10.2. The highest BCUT2D eigenvalue weighted by molar-refractivity contribution is 9.10. The van der Waals surface area contributed by atoms with E-state index >= 15 is 0 Å². The van der Waals surface area contributed by atoms with Gasteiger partial charge in [-0.15, -0.1) is 11.3 Å². The molecule has 1 aromatic heterocycles. The van der Waals surface area contributed by atoms with E-state index in [0.717, 1.165) is 11.3 Å². The third kappa shape index (κ3) is 4.06. The number of methoxy groups -OCH3 is 1. The van der Waals surface area contributed by atoms with Crippen molar-refractivity contribution < 1.29 is 19.1 Å². The minimum absolute atomic E-state index is 0.297. The molecule has 2 aromatic rings. The van der Waals surface area contributed by atoms with Gasteiger partial charge < -0.3 is 9.47 Å². The number of hydrogen-bond acceptors (Lipinski definition) is 5. The highest BCUT2D eigenvalue weighted by atomic mass is 79.9. The maximum atomic E-state index is 12.0. The van der Waals surface area contributed by atoms with E-state index in [1.807, 2.05) is 0 Å². The first-order valence-electron chi connectivity index (χ1n) is 5.80. The Hall–Kier alpha value is -1.37. The fraction of sp³-hybridized carbons (Fsp3) is 0.143. The summed E-state index contributed by atoms with van der Waals surface area (Å²) >= 11 is 10.1. The molecule has 1 aromatic carbocycles. The predicted molar refractivity (Wildman–Crippen MR) is 84.6 cm³/mol. The summed E-state index contributed by atoms with van der Waals surface area (Å²) in [6.45, 7) is -0.326. The highest BCUT2D eigenvalue weighted by Crippen LogP contribution is 2.26. The molecule has 0 amide bonds. The molecule has 0 saturated carbocycles. The zero-order chi connectivity index (χ0) is 15.4. The molecule has 0 saturated heterocycles. The van der Waals surface area contributed by atoms with Crippen LogP contribution in [0.25, 0.3) is 0 Å². The van der Waals surface area contributed by atoms with Crippen molar-refractivity contribution in [3.05, 3.63) is 49.6 Å². The second-order valence-corrected chi connectivity index (χ2v) is 6.52. The third-order valence-corrected chi connectivity index (χ3v) is 4.41. The Morgan fingerprint density at radius 2 is 2.05 bits per heavy atom. The molecular formula is C14H10BrClO4S. The maximum absolute atomic E-state index is 12.0. The molecule has 0 spiro atoms. The molecular weight excluding hydrogens is 380 g/mol. The van der Waals surface area contributed by atoms with Gasteiger partial charge in [0.15, 0.2) is 12.4 Å². The van der Waals surface area contributed by atoms with E-state index in [-0.39, 0.29) is 12.4 Å². The van der Waals surface area contributed by atoms with Crippen LogP contribution >= 0.6 is 38.9 Å². The predicted octanol–water partition coefficient (Wildman–Crippen LogP) is 4.21. The Morgan fingerprint density at radius 1 is 1.29 bits per heavy atom. The molecule has 21 heavy (non-hydrogen) atoms. The number of ether oxygens (including phenoxy) is 2. The summed E-state index contributed by atoms with van der Waals surface area (Å²) in [7, 11) is 1.54. The fourth-order valence-electron chi connectivity index (χ4n) is 1.55. The van der Waals surface area contributed by atoms with Crippen LogP contribution in [0.4, 0.5) is 0 Å². The van der Waals surface area contributed by atoms with Crippen LogP contribution in [-0.2, 0) is 4.74 Å². The minimum atomic E-state index is -0.562. The van der Waals surface area contributed by atoms with Crippen LogP contribution in [0.1, 0.15) is 20.0 Å². The summed E-state index contributed by atoms with van der Waals surface area (Å²) in [4.78, 5) is 24.0. The van der Waals surface area contributed by atoms with Crippen LogP contribution < -0.4 is 4.74 Å². The molecule has 0 aliphatic carbocycles. The number of esters is 1. The first kappa shape index (κ1) is 16.0. The average Bonchev–Trinajstić information content (AvgIpc) is 2.91. The van der Waals surface area contributed by atoms with Crippen molar-refractivity contribution in [1.82, 2.24) is 0 Å². The second kappa shape index (κ2) is 7.06. The van der Waals surface area contributed by atoms with Gasteiger partial charge in [0, 0.05) is 5.56 Å². The third-order valence-electron chi connectivity index (χ3n) is 2.58. The average molecular weight is 390 g/mol. The number of carbonyl (C=O) groups is 2. The lowest BCUT2D eigenvalue weighted by Crippen LogP contribution is -2.13. The standard InChI is InChI=1S/C14H10BrClO4S/c1-19-11-3-2-8(6-9(11)15)10(17)7-20-14(18)12-4-5-13(16)21-12/h2-6H,7H2,1H3. The molecule has 7 heteroatoms. The molecule has 0 radical (unpaired) electrons. The number of carbonyl (C=O) groups excluding carboxylic acids is 2. The van der Waals surface area contributed by atoms with Crippen molar-refractivity contribution in [2.24, 2.45) is 0 Å². The van der Waals surface area contributed by atoms with Crippen molar-refractivity contribution in [3.8, 4) is 5.75 Å². The second-order valence-electron chi connectivity index (χ2n) is 3.95. The summed E-state index contributed by atoms with van der Waals surface area (Å²) < 4.78 is 11.2. The molecule has 110 valence electrons. The lowest BCUT2D eigenvalue weighted by Gasteiger charge is -2.06. The SMILES string of the molecule is COc1ccc(C(=O)COC(=O)c2ccc(Cl)s2)cc1Br. The molecule has 0 aliphatic heterocycles. The smallest absolute Gasteiger partial charge is 0.348 e. The van der Waals surface area contributed by atoms with Crippen molar-refractivity contribution in [2.75, 3.05) is 13.7 Å². The Balaban J connectivity index is 1.98. The first-order valence-corrected chi connectivity index (χ1v) is 7.79. The van der Waals surface area contributed by atoms with Crippen LogP contribution in [0.15, 0.2) is 34.8 Å². The fourth-order valence-corrected chi connectivity index (χ4v) is 3.03. The molecule has 0 N–H and O–H groups in total. The number of Topliss-reactive ketones (excluding diaryl/α,β-unsaturated/α-hetero) is 1. The van der Waals surface area contributed by atoms with Gasteiger partial charge in [-0.25, -0.2) is 4.79 Å². The van der Waals surface area contributed by atoms with Gasteiger partial charge >= 0.3 is 5.97 Å². The lowest BCUT2D eigenvalue weighted by molar-refractivity contribution is 0.0479. The van der Waals surface area contributed by atoms with Gasteiger partial charge in [0.25, 0.3) is 0 Å². The van der Waals surface area contributed by atoms with E-state index in [4.69, 9.17) is 21.1 Å². The number of thiophene rings is 1. The van der Waals surface area contributed by atoms with Gasteiger partial charge in [-0.05, 0) is 46.3 Å². The molecule has 0 bridgehead atoms. The van der Waals surface area contributed by atoms with Gasteiger partial charge in [0.2, 0.25) is 0 Å². The summed E-state index contributed by atoms with van der Waals surface area (Å²) in [5.74, 6) is -0.237. The number of halogens is 2. The van der Waals surface area contributed by atoms with Gasteiger partial charge in [0.05, 0.1) is 15.9 Å². The summed E-state index contributed by atoms with van der Waals surface area (Å²) in [5, 5.41) is 0. The van der Waals surface area contributed by atoms with Crippen LogP contribution in [0, 0.1) is 0 Å². The van der Waals surface area contributed by atoms with Gasteiger partial charge in [0.1, 0.15) is 10.6 Å². The van der Waals surface area contributed by atoms with Crippen molar-refractivity contribution in [1.29, 1.82) is 0 Å². The Morgan fingerprint density at radius 3 is 2.62 bits per heavy atom. The van der Waals surface area contributed by atoms with E-state index in [0.29, 0.717) is 25.0 Å². The molecule has 0 fully saturated rings. The van der Waals surface area contributed by atoms with Crippen LogP contribution in [-0.4, -0.2) is 25.5 Å². The van der Waals surface area contributed by atoms with Crippen molar-refractivity contribution in [3.63, 3.8) is 0 Å². The largest absolute Gasteiger partial charge is 0.496 e. The van der Waals surface area contributed by atoms with E-state index in [2.05, 4.69) is 15.9 Å². The van der Waals surface area contributed by atoms with Gasteiger partial charge in [-0.1, -0.05) is 11.6 Å². The number of hydrogen-bond donors (Lipinski definition) is 0. The van der Waals surface area contributed by atoms with E-state index in [9.17, 15) is 9.59 Å². The Kier molecular flexibility index (Phi) is 5.39. The summed E-state index contributed by atoms with van der Waals surface area (Å²) in [5.41, 5.74) is 0.430. The van der Waals surface area contributed by atoms with E-state index in [1.54, 1.807) is 30.3 Å². The first-order chi connectivity index (χ1) is 10.0. The molecule has 4 nitrogen and oxygen atoms in total. The van der Waals surface area contributed by atoms with Crippen LogP contribution in [0.2, 0.25) is 4.34 Å². The van der Waals surface area contributed by atoms with Crippen LogP contribution in [0.5, 0.6) is 5.75 Å². The summed E-state index contributed by atoms with van der Waals surface area (Å²) in [6, 6.07) is 8.06. The molecule has 0 aliphatic rings. The van der Waals surface area contributed by atoms with Crippen molar-refractivity contribution >= 4 is 50.6 Å². The molecule has 0 atom stereocenters. The number of rotatable bonds is 5. The highest BCUT2D eigenvalue weighted by Gasteiger charge is 2.14. The quantitative estimate of drug-likeness (QED) is 0.568. The van der Waals surface area contributed by atoms with E-state index in [1.165, 1.54) is 7.11 Å². The lowest BCUT2D eigenvalue weighted by atomic mass is 10.1. The van der Waals surface area contributed by atoms with Crippen molar-refractivity contribution in [2.45, 2.75) is 0 Å². The number of ketones is 1. The van der Waals surface area contributed by atoms with Crippen LogP contribution in [0.3, 0.4) is 0 Å². The minimum Gasteiger partial charge on any atom is -0.496 e. The number of benzene rings is 1. The Labute approximate surface area is 138 Å². The maximum Gasteiger partial charge on any atom is 0.348 e. The summed E-state index contributed by atoms with van der Waals surface area (Å²) in [6.07, 6.45) is 0. The topological polar surface area (TPSA) is 52.6 Å². The zero-order valence-corrected chi connectivity index (χ0v) is 14.0. The van der Waals surface area contributed by atoms with E-state index < -0.39 is 5.97 Å². The zero-order valence-electron chi connectivity index (χ0n) is 10.9.